The number of carboxylic acids is 1. The van der Waals surface area contributed by atoms with E-state index in [1.165, 1.54) is 7.11 Å². The van der Waals surface area contributed by atoms with Gasteiger partial charge in [-0.3, -0.25) is 4.79 Å². The predicted molar refractivity (Wildman–Crippen MR) is 57.1 cm³/mol. The minimum Gasteiger partial charge on any atom is -0.496 e. The fourth-order valence-corrected chi connectivity index (χ4v) is 1.47. The van der Waals surface area contributed by atoms with Gasteiger partial charge in [-0.2, -0.15) is 0 Å². The molecule has 0 aliphatic heterocycles. The number of carboxylic acid groups (broad SMARTS) is 1. The summed E-state index contributed by atoms with van der Waals surface area (Å²) < 4.78 is 17.8. The van der Waals surface area contributed by atoms with Crippen molar-refractivity contribution in [2.45, 2.75) is 19.1 Å². The minimum absolute atomic E-state index is 0.0542. The van der Waals surface area contributed by atoms with Gasteiger partial charge in [0.1, 0.15) is 18.5 Å². The van der Waals surface area contributed by atoms with Crippen LogP contribution >= 0.6 is 0 Å². The Hall–Kier alpha value is -1.62. The summed E-state index contributed by atoms with van der Waals surface area (Å²) in [6.45, 7) is -0.668. The third-order valence-electron chi connectivity index (χ3n) is 2.34. The summed E-state index contributed by atoms with van der Waals surface area (Å²) >= 11 is 0. The highest BCUT2D eigenvalue weighted by Crippen LogP contribution is 2.24. The van der Waals surface area contributed by atoms with Crippen molar-refractivity contribution in [3.05, 3.63) is 29.3 Å². The number of halogens is 1. The first kappa shape index (κ1) is 12.4. The van der Waals surface area contributed by atoms with E-state index in [0.717, 1.165) is 0 Å². The first-order chi connectivity index (χ1) is 7.60. The van der Waals surface area contributed by atoms with E-state index in [0.29, 0.717) is 16.9 Å². The van der Waals surface area contributed by atoms with Gasteiger partial charge in [0, 0.05) is 12.0 Å². The molecule has 0 spiro atoms. The maximum absolute atomic E-state index is 12.7. The molecule has 0 aliphatic rings. The van der Waals surface area contributed by atoms with Crippen LogP contribution in [0.5, 0.6) is 5.75 Å². The number of methoxy groups -OCH3 is 1. The van der Waals surface area contributed by atoms with E-state index in [1.54, 1.807) is 18.2 Å². The smallest absolute Gasteiger partial charge is 0.320 e. The highest BCUT2D eigenvalue weighted by atomic mass is 19.1. The zero-order chi connectivity index (χ0) is 12.1. The largest absolute Gasteiger partial charge is 0.496 e. The van der Waals surface area contributed by atoms with Crippen molar-refractivity contribution in [1.29, 1.82) is 0 Å². The lowest BCUT2D eigenvalue weighted by Gasteiger charge is -2.14. The Balaban J connectivity index is 3.04. The minimum atomic E-state index is -1.12. The van der Waals surface area contributed by atoms with Gasteiger partial charge in [-0.25, -0.2) is 4.39 Å². The molecule has 1 aromatic rings. The van der Waals surface area contributed by atoms with Crippen molar-refractivity contribution in [1.82, 2.24) is 0 Å². The zero-order valence-electron chi connectivity index (χ0n) is 8.94. The Morgan fingerprint density at radius 3 is 2.81 bits per heavy atom. The molecular formula is C11H14FNO3. The number of alkyl halides is 1. The van der Waals surface area contributed by atoms with E-state index < -0.39 is 18.7 Å². The Labute approximate surface area is 92.8 Å². The van der Waals surface area contributed by atoms with Crippen molar-refractivity contribution in [2.24, 2.45) is 5.73 Å². The zero-order valence-corrected chi connectivity index (χ0v) is 8.94. The molecule has 1 aromatic carbocycles. The molecule has 4 nitrogen and oxygen atoms in total. The second kappa shape index (κ2) is 5.46. The Morgan fingerprint density at radius 1 is 1.62 bits per heavy atom. The van der Waals surface area contributed by atoms with Gasteiger partial charge in [-0.15, -0.1) is 0 Å². The molecule has 5 heteroatoms. The van der Waals surface area contributed by atoms with E-state index in [1.807, 2.05) is 0 Å². The fourth-order valence-electron chi connectivity index (χ4n) is 1.47. The van der Waals surface area contributed by atoms with Crippen LogP contribution in [-0.4, -0.2) is 24.2 Å². The van der Waals surface area contributed by atoms with Crippen LogP contribution < -0.4 is 10.5 Å². The molecule has 1 atom stereocenters. The number of aliphatic carboxylic acids is 1. The SMILES string of the molecule is COc1cccc(CF)c1CC(N)C(=O)O. The molecule has 1 rings (SSSR count). The molecule has 0 aromatic heterocycles. The molecule has 0 amide bonds. The summed E-state index contributed by atoms with van der Waals surface area (Å²) in [5, 5.41) is 8.71. The van der Waals surface area contributed by atoms with Crippen LogP contribution in [0.25, 0.3) is 0 Å². The van der Waals surface area contributed by atoms with Crippen LogP contribution in [0.3, 0.4) is 0 Å². The van der Waals surface area contributed by atoms with Gasteiger partial charge in [-0.1, -0.05) is 12.1 Å². The van der Waals surface area contributed by atoms with E-state index in [-0.39, 0.29) is 6.42 Å². The van der Waals surface area contributed by atoms with Gasteiger partial charge in [0.2, 0.25) is 0 Å². The number of hydrogen-bond donors (Lipinski definition) is 2. The highest BCUT2D eigenvalue weighted by Gasteiger charge is 2.17. The number of benzene rings is 1. The molecule has 1 unspecified atom stereocenters. The lowest BCUT2D eigenvalue weighted by molar-refractivity contribution is -0.138. The van der Waals surface area contributed by atoms with Gasteiger partial charge < -0.3 is 15.6 Å². The molecule has 0 saturated carbocycles. The van der Waals surface area contributed by atoms with Gasteiger partial charge >= 0.3 is 5.97 Å². The molecule has 88 valence electrons. The number of ether oxygens (including phenoxy) is 1. The monoisotopic (exact) mass is 227 g/mol. The number of carbonyl (C=O) groups is 1. The second-order valence-corrected chi connectivity index (χ2v) is 3.38. The number of nitrogens with two attached hydrogens (primary N) is 1. The Kier molecular flexibility index (Phi) is 4.25. The third kappa shape index (κ3) is 2.70. The summed E-state index contributed by atoms with van der Waals surface area (Å²) in [7, 11) is 1.45. The number of hydrogen-bond acceptors (Lipinski definition) is 3. The van der Waals surface area contributed by atoms with Crippen LogP contribution in [0.2, 0.25) is 0 Å². The van der Waals surface area contributed by atoms with Crippen LogP contribution in [0.1, 0.15) is 11.1 Å². The molecule has 0 aliphatic carbocycles. The van der Waals surface area contributed by atoms with Gasteiger partial charge in [0.05, 0.1) is 7.11 Å². The van der Waals surface area contributed by atoms with Gasteiger partial charge in [-0.05, 0) is 11.6 Å². The van der Waals surface area contributed by atoms with E-state index >= 15 is 0 Å². The summed E-state index contributed by atoms with van der Waals surface area (Å²) in [5.74, 6) is -0.650. The van der Waals surface area contributed by atoms with E-state index in [2.05, 4.69) is 0 Å². The van der Waals surface area contributed by atoms with Gasteiger partial charge in [0.25, 0.3) is 0 Å². The highest BCUT2D eigenvalue weighted by molar-refractivity contribution is 5.73. The Morgan fingerprint density at radius 2 is 2.31 bits per heavy atom. The first-order valence-electron chi connectivity index (χ1n) is 4.79. The molecule has 16 heavy (non-hydrogen) atoms. The van der Waals surface area contributed by atoms with Crippen molar-refractivity contribution in [2.75, 3.05) is 7.11 Å². The summed E-state index contributed by atoms with van der Waals surface area (Å²) in [6, 6.07) is 3.85. The van der Waals surface area contributed by atoms with Crippen LogP contribution in [0.15, 0.2) is 18.2 Å². The molecule has 0 fully saturated rings. The van der Waals surface area contributed by atoms with Gasteiger partial charge in [0.15, 0.2) is 0 Å². The maximum atomic E-state index is 12.7. The van der Waals surface area contributed by atoms with E-state index in [4.69, 9.17) is 15.6 Å². The normalized spacial score (nSPS) is 12.2. The molecular weight excluding hydrogens is 213 g/mol. The number of rotatable bonds is 5. The standard InChI is InChI=1S/C11H14FNO3/c1-16-10-4-2-3-7(6-12)8(10)5-9(13)11(14)15/h2-4,9H,5-6,13H2,1H3,(H,14,15). The van der Waals surface area contributed by atoms with Crippen LogP contribution in [0.4, 0.5) is 4.39 Å². The molecule has 0 bridgehead atoms. The maximum Gasteiger partial charge on any atom is 0.320 e. The van der Waals surface area contributed by atoms with Crippen LogP contribution in [0, 0.1) is 0 Å². The Bertz CT molecular complexity index is 359. The van der Waals surface area contributed by atoms with Crippen molar-refractivity contribution < 1.29 is 19.0 Å². The average molecular weight is 227 g/mol. The second-order valence-electron chi connectivity index (χ2n) is 3.38. The lowest BCUT2D eigenvalue weighted by atomic mass is 10.00. The third-order valence-corrected chi connectivity index (χ3v) is 2.34. The average Bonchev–Trinajstić information content (AvgIpc) is 2.29. The fraction of sp³-hybridized carbons (Fsp3) is 0.364. The van der Waals surface area contributed by atoms with Crippen LogP contribution in [-0.2, 0) is 17.9 Å². The van der Waals surface area contributed by atoms with Crippen molar-refractivity contribution in [3.63, 3.8) is 0 Å². The lowest BCUT2D eigenvalue weighted by Crippen LogP contribution is -2.32. The van der Waals surface area contributed by atoms with Crippen molar-refractivity contribution in [3.8, 4) is 5.75 Å². The topological polar surface area (TPSA) is 72.5 Å². The molecule has 0 radical (unpaired) electrons. The van der Waals surface area contributed by atoms with Crippen molar-refractivity contribution >= 4 is 5.97 Å². The quantitative estimate of drug-likeness (QED) is 0.790. The molecule has 0 heterocycles. The van der Waals surface area contributed by atoms with E-state index in [9.17, 15) is 9.18 Å². The summed E-state index contributed by atoms with van der Waals surface area (Å²) in [4.78, 5) is 10.6. The summed E-state index contributed by atoms with van der Waals surface area (Å²) in [5.41, 5.74) is 6.35. The molecule has 0 saturated heterocycles. The molecule has 3 N–H and O–H groups in total. The first-order valence-corrected chi connectivity index (χ1v) is 4.79. The predicted octanol–water partition coefficient (Wildman–Crippen LogP) is 1.12. The summed E-state index contributed by atoms with van der Waals surface area (Å²) in [6.07, 6.45) is 0.0542.